The zero-order valence-electron chi connectivity index (χ0n) is 18.8. The van der Waals surface area contributed by atoms with Gasteiger partial charge in [-0.05, 0) is 38.0 Å². The van der Waals surface area contributed by atoms with Crippen LogP contribution >= 0.6 is 0 Å². The van der Waals surface area contributed by atoms with Gasteiger partial charge in [0.2, 0.25) is 0 Å². The molecule has 1 saturated carbocycles. The number of alkyl halides is 3. The molecule has 0 radical (unpaired) electrons. The van der Waals surface area contributed by atoms with E-state index in [0.717, 1.165) is 18.9 Å². The molecular formula is C23H24F4N4O3. The molecule has 0 aliphatic heterocycles. The highest BCUT2D eigenvalue weighted by molar-refractivity contribution is 5.91. The van der Waals surface area contributed by atoms with E-state index in [1.165, 1.54) is 7.11 Å². The fraction of sp³-hybridized carbons (Fsp3) is 0.391. The van der Waals surface area contributed by atoms with Crippen molar-refractivity contribution in [1.29, 1.82) is 0 Å². The van der Waals surface area contributed by atoms with Crippen molar-refractivity contribution in [1.82, 2.24) is 9.97 Å². The standard InChI is InChI=1S/C23H24F4N4O3/c1-12-30-17-9-18(32-2)19(34-11-22(33-3)4-5-22)8-15(17)21(31-12)29-10-13-6-14(28)7-16(20(13)24)23(25,26)27/h6-9H,4-5,10-11,28H2,1-3H3,(H,29,30,31). The van der Waals surface area contributed by atoms with Gasteiger partial charge in [0.15, 0.2) is 11.5 Å². The van der Waals surface area contributed by atoms with E-state index in [-0.39, 0.29) is 23.4 Å². The van der Waals surface area contributed by atoms with Crippen molar-refractivity contribution in [2.24, 2.45) is 0 Å². The van der Waals surface area contributed by atoms with Crippen molar-refractivity contribution in [2.75, 3.05) is 31.9 Å². The predicted octanol–water partition coefficient (Wildman–Crippen LogP) is 4.86. The minimum atomic E-state index is -4.86. The highest BCUT2D eigenvalue weighted by atomic mass is 19.4. The molecule has 0 amide bonds. The van der Waals surface area contributed by atoms with Gasteiger partial charge < -0.3 is 25.3 Å². The van der Waals surface area contributed by atoms with Crippen LogP contribution in [0, 0.1) is 12.7 Å². The van der Waals surface area contributed by atoms with Crippen molar-refractivity contribution >= 4 is 22.4 Å². The maximum atomic E-state index is 14.6. The summed E-state index contributed by atoms with van der Waals surface area (Å²) in [5.41, 5.74) is 3.95. The summed E-state index contributed by atoms with van der Waals surface area (Å²) in [5, 5.41) is 3.45. The molecule has 3 aromatic rings. The molecule has 7 nitrogen and oxygen atoms in total. The summed E-state index contributed by atoms with van der Waals surface area (Å²) in [6.07, 6.45) is -3.09. The van der Waals surface area contributed by atoms with Crippen LogP contribution in [0.3, 0.4) is 0 Å². The Morgan fingerprint density at radius 1 is 1.09 bits per heavy atom. The first-order chi connectivity index (χ1) is 16.0. The maximum Gasteiger partial charge on any atom is 0.419 e. The lowest BCUT2D eigenvalue weighted by atomic mass is 10.1. The number of nitrogens with zero attached hydrogens (tertiary/aromatic N) is 2. The third kappa shape index (κ3) is 4.79. The Hall–Kier alpha value is -3.34. The zero-order valence-corrected chi connectivity index (χ0v) is 18.8. The molecule has 1 aliphatic carbocycles. The Balaban J connectivity index is 1.67. The van der Waals surface area contributed by atoms with Gasteiger partial charge in [-0.3, -0.25) is 0 Å². The van der Waals surface area contributed by atoms with Gasteiger partial charge in [0.25, 0.3) is 0 Å². The number of nitrogen functional groups attached to an aromatic ring is 1. The number of fused-ring (bicyclic) bond motifs is 1. The van der Waals surface area contributed by atoms with Crippen LogP contribution in [0.2, 0.25) is 0 Å². The van der Waals surface area contributed by atoms with Crippen LogP contribution in [0.1, 0.15) is 29.8 Å². The third-order valence-corrected chi connectivity index (χ3v) is 5.75. The number of nitrogens with one attached hydrogen (secondary N) is 1. The Kier molecular flexibility index (Phi) is 6.15. The number of ether oxygens (including phenoxy) is 3. The van der Waals surface area contributed by atoms with Crippen molar-refractivity contribution in [3.05, 3.63) is 47.0 Å². The van der Waals surface area contributed by atoms with E-state index >= 15 is 0 Å². The van der Waals surface area contributed by atoms with Crippen LogP contribution < -0.4 is 20.5 Å². The monoisotopic (exact) mass is 480 g/mol. The third-order valence-electron chi connectivity index (χ3n) is 5.75. The Morgan fingerprint density at radius 2 is 1.82 bits per heavy atom. The molecule has 34 heavy (non-hydrogen) atoms. The zero-order chi connectivity index (χ0) is 24.7. The molecule has 2 aromatic carbocycles. The van der Waals surface area contributed by atoms with E-state index in [9.17, 15) is 17.6 Å². The molecule has 1 aliphatic rings. The molecule has 1 heterocycles. The normalized spacial score (nSPS) is 14.8. The molecule has 1 aromatic heterocycles. The Morgan fingerprint density at radius 3 is 2.44 bits per heavy atom. The van der Waals surface area contributed by atoms with Crippen LogP contribution in [0.25, 0.3) is 10.9 Å². The van der Waals surface area contributed by atoms with Gasteiger partial charge in [-0.15, -0.1) is 0 Å². The van der Waals surface area contributed by atoms with E-state index in [0.29, 0.717) is 46.7 Å². The molecule has 3 N–H and O–H groups in total. The highest BCUT2D eigenvalue weighted by Gasteiger charge is 2.44. The number of benzene rings is 2. The van der Waals surface area contributed by atoms with Crippen LogP contribution in [-0.2, 0) is 17.5 Å². The number of halogens is 4. The molecule has 0 unspecified atom stereocenters. The Bertz CT molecular complexity index is 1230. The largest absolute Gasteiger partial charge is 0.493 e. The summed E-state index contributed by atoms with van der Waals surface area (Å²) in [7, 11) is 3.14. The lowest BCUT2D eigenvalue weighted by molar-refractivity contribution is -0.140. The highest BCUT2D eigenvalue weighted by Crippen LogP contribution is 2.41. The quantitative estimate of drug-likeness (QED) is 0.352. The van der Waals surface area contributed by atoms with Crippen molar-refractivity contribution < 1.29 is 31.8 Å². The van der Waals surface area contributed by atoms with Gasteiger partial charge in [0, 0.05) is 36.4 Å². The number of rotatable bonds is 8. The molecule has 0 spiro atoms. The predicted molar refractivity (Wildman–Crippen MR) is 118 cm³/mol. The number of hydrogen-bond acceptors (Lipinski definition) is 7. The van der Waals surface area contributed by atoms with E-state index in [1.54, 1.807) is 26.2 Å². The van der Waals surface area contributed by atoms with E-state index < -0.39 is 17.6 Å². The molecule has 0 atom stereocenters. The van der Waals surface area contributed by atoms with Crippen LogP contribution in [0.4, 0.5) is 29.1 Å². The molecule has 182 valence electrons. The number of hydrogen-bond donors (Lipinski definition) is 2. The number of methoxy groups -OCH3 is 2. The summed E-state index contributed by atoms with van der Waals surface area (Å²) in [6, 6.07) is 5.09. The van der Waals surface area contributed by atoms with Gasteiger partial charge >= 0.3 is 6.18 Å². The fourth-order valence-corrected chi connectivity index (χ4v) is 3.64. The molecule has 4 rings (SSSR count). The van der Waals surface area contributed by atoms with Gasteiger partial charge in [-0.25, -0.2) is 14.4 Å². The topological polar surface area (TPSA) is 91.5 Å². The lowest BCUT2D eigenvalue weighted by Crippen LogP contribution is -2.21. The minimum absolute atomic E-state index is 0.193. The SMILES string of the molecule is COc1cc2nc(C)nc(NCc3cc(N)cc(C(F)(F)F)c3F)c2cc1OCC1(OC)CC1. The van der Waals surface area contributed by atoms with Gasteiger partial charge in [-0.2, -0.15) is 13.2 Å². The minimum Gasteiger partial charge on any atom is -0.493 e. The fourth-order valence-electron chi connectivity index (χ4n) is 3.64. The van der Waals surface area contributed by atoms with Crippen LogP contribution in [0.15, 0.2) is 24.3 Å². The van der Waals surface area contributed by atoms with Crippen molar-refractivity contribution in [3.8, 4) is 11.5 Å². The maximum absolute atomic E-state index is 14.6. The second-order valence-corrected chi connectivity index (χ2v) is 8.21. The first kappa shape index (κ1) is 23.8. The summed E-state index contributed by atoms with van der Waals surface area (Å²) < 4.78 is 70.9. The lowest BCUT2D eigenvalue weighted by Gasteiger charge is -2.18. The van der Waals surface area contributed by atoms with E-state index in [4.69, 9.17) is 19.9 Å². The average Bonchev–Trinajstić information content (AvgIpc) is 3.57. The number of anilines is 2. The summed E-state index contributed by atoms with van der Waals surface area (Å²) in [5.74, 6) is 0.220. The summed E-state index contributed by atoms with van der Waals surface area (Å²) in [6.45, 7) is 1.72. The van der Waals surface area contributed by atoms with Crippen molar-refractivity contribution in [2.45, 2.75) is 38.1 Å². The Labute approximate surface area is 193 Å². The van der Waals surface area contributed by atoms with Crippen LogP contribution in [0.5, 0.6) is 11.5 Å². The summed E-state index contributed by atoms with van der Waals surface area (Å²) >= 11 is 0. The average molecular weight is 480 g/mol. The van der Waals surface area contributed by atoms with Crippen LogP contribution in [-0.4, -0.2) is 36.4 Å². The smallest absolute Gasteiger partial charge is 0.419 e. The second-order valence-electron chi connectivity index (χ2n) is 8.21. The number of aromatic nitrogens is 2. The second kappa shape index (κ2) is 8.79. The molecule has 11 heteroatoms. The first-order valence-corrected chi connectivity index (χ1v) is 10.5. The molecule has 0 bridgehead atoms. The van der Waals surface area contributed by atoms with Crippen molar-refractivity contribution in [3.63, 3.8) is 0 Å². The van der Waals surface area contributed by atoms with E-state index in [1.807, 2.05) is 0 Å². The first-order valence-electron chi connectivity index (χ1n) is 10.5. The molecular weight excluding hydrogens is 456 g/mol. The summed E-state index contributed by atoms with van der Waals surface area (Å²) in [4.78, 5) is 8.76. The molecule has 0 saturated heterocycles. The number of aryl methyl sites for hydroxylation is 1. The van der Waals surface area contributed by atoms with Gasteiger partial charge in [-0.1, -0.05) is 0 Å². The van der Waals surface area contributed by atoms with Gasteiger partial charge in [0.1, 0.15) is 29.7 Å². The van der Waals surface area contributed by atoms with E-state index in [2.05, 4.69) is 15.3 Å². The molecule has 1 fully saturated rings. The number of nitrogens with two attached hydrogens (primary N) is 1. The van der Waals surface area contributed by atoms with Gasteiger partial charge in [0.05, 0.1) is 18.2 Å².